The minimum absolute atomic E-state index is 0.0910. The highest BCUT2D eigenvalue weighted by Gasteiger charge is 2.16. The zero-order chi connectivity index (χ0) is 25.1. The van der Waals surface area contributed by atoms with Crippen LogP contribution in [0.5, 0.6) is 0 Å². The molecule has 0 aliphatic rings. The maximum absolute atomic E-state index is 12.9. The smallest absolute Gasteiger partial charge is 0.272 e. The van der Waals surface area contributed by atoms with Crippen LogP contribution in [0.3, 0.4) is 0 Å². The fraction of sp³-hybridized carbons (Fsp3) is 0.0800. The maximum Gasteiger partial charge on any atom is 0.272 e. The highest BCUT2D eigenvalue weighted by Crippen LogP contribution is 2.32. The number of amides is 1. The summed E-state index contributed by atoms with van der Waals surface area (Å²) in [6.07, 6.45) is 2.22. The van der Waals surface area contributed by atoms with Gasteiger partial charge in [-0.25, -0.2) is 0 Å². The molecule has 11 heteroatoms. The number of para-hydroxylation sites is 1. The van der Waals surface area contributed by atoms with Crippen LogP contribution in [0.15, 0.2) is 78.3 Å². The molecule has 0 saturated heterocycles. The summed E-state index contributed by atoms with van der Waals surface area (Å²) in [5.74, 6) is -0.259. The van der Waals surface area contributed by atoms with E-state index in [4.69, 9.17) is 5.73 Å². The minimum Gasteiger partial charge on any atom is -0.397 e. The van der Waals surface area contributed by atoms with Gasteiger partial charge in [-0.1, -0.05) is 35.5 Å². The summed E-state index contributed by atoms with van der Waals surface area (Å²) in [7, 11) is 0. The van der Waals surface area contributed by atoms with E-state index in [0.29, 0.717) is 40.5 Å². The third kappa shape index (κ3) is 5.02. The second kappa shape index (κ2) is 10.1. The van der Waals surface area contributed by atoms with Crippen LogP contribution in [-0.2, 0) is 13.0 Å². The third-order valence-electron chi connectivity index (χ3n) is 5.53. The molecule has 0 saturated carbocycles. The first-order valence-corrected chi connectivity index (χ1v) is 12.6. The Bertz CT molecular complexity index is 1540. The van der Waals surface area contributed by atoms with Crippen molar-refractivity contribution >= 4 is 45.6 Å². The van der Waals surface area contributed by atoms with Crippen molar-refractivity contribution in [2.45, 2.75) is 13.0 Å². The molecule has 5 rings (SSSR count). The Kier molecular flexibility index (Phi) is 6.56. The molecule has 0 radical (unpaired) electrons. The van der Waals surface area contributed by atoms with E-state index in [-0.39, 0.29) is 16.5 Å². The fourth-order valence-electron chi connectivity index (χ4n) is 3.70. The van der Waals surface area contributed by atoms with Crippen LogP contribution in [0.2, 0.25) is 0 Å². The molecule has 5 aromatic rings. The van der Waals surface area contributed by atoms with Gasteiger partial charge in [0, 0.05) is 23.1 Å². The zero-order valence-corrected chi connectivity index (χ0v) is 20.5. The van der Waals surface area contributed by atoms with E-state index in [1.807, 2.05) is 35.7 Å². The van der Waals surface area contributed by atoms with Gasteiger partial charge in [-0.15, -0.1) is 27.8 Å². The Labute approximate surface area is 214 Å². The van der Waals surface area contributed by atoms with Gasteiger partial charge >= 0.3 is 0 Å². The molecular weight excluding hydrogens is 496 g/mol. The predicted molar refractivity (Wildman–Crippen MR) is 142 cm³/mol. The molecule has 36 heavy (non-hydrogen) atoms. The van der Waals surface area contributed by atoms with Crippen LogP contribution >= 0.6 is 22.7 Å². The van der Waals surface area contributed by atoms with E-state index in [9.17, 15) is 14.9 Å². The SMILES string of the molecule is Nc1ccc(-c2cccs2)cc1NC(=O)c1ccc(-c2cn(CCc3ccccc3[N+](=O)[O-])nn2)s1. The van der Waals surface area contributed by atoms with Crippen molar-refractivity contribution in [3.05, 3.63) is 98.9 Å². The van der Waals surface area contributed by atoms with Crippen molar-refractivity contribution in [2.24, 2.45) is 0 Å². The number of thiophene rings is 2. The summed E-state index contributed by atoms with van der Waals surface area (Å²) >= 11 is 2.92. The first kappa shape index (κ1) is 23.4. The van der Waals surface area contributed by atoms with Gasteiger partial charge in [-0.05, 0) is 47.7 Å². The number of carbonyl (C=O) groups is 1. The van der Waals surface area contributed by atoms with Gasteiger partial charge in [0.25, 0.3) is 11.6 Å². The number of carbonyl (C=O) groups excluding carboxylic acids is 1. The van der Waals surface area contributed by atoms with Crippen molar-refractivity contribution in [3.63, 3.8) is 0 Å². The number of nitrogens with one attached hydrogen (secondary N) is 1. The Morgan fingerprint density at radius 3 is 2.75 bits per heavy atom. The van der Waals surface area contributed by atoms with E-state index in [1.54, 1.807) is 52.5 Å². The summed E-state index contributed by atoms with van der Waals surface area (Å²) in [6, 6.07) is 19.8. The predicted octanol–water partition coefficient (Wildman–Crippen LogP) is 5.72. The number of aromatic nitrogens is 3. The number of aryl methyl sites for hydroxylation is 2. The van der Waals surface area contributed by atoms with Crippen molar-refractivity contribution in [1.82, 2.24) is 15.0 Å². The number of anilines is 2. The van der Waals surface area contributed by atoms with Crippen LogP contribution in [0, 0.1) is 10.1 Å². The van der Waals surface area contributed by atoms with Crippen LogP contribution < -0.4 is 11.1 Å². The normalized spacial score (nSPS) is 10.9. The van der Waals surface area contributed by atoms with Crippen molar-refractivity contribution in [2.75, 3.05) is 11.1 Å². The number of hydrogen-bond acceptors (Lipinski definition) is 8. The average Bonchev–Trinajstić information content (AvgIpc) is 3.66. The topological polar surface area (TPSA) is 129 Å². The van der Waals surface area contributed by atoms with E-state index >= 15 is 0 Å². The molecule has 3 aromatic heterocycles. The Hall–Kier alpha value is -4.35. The summed E-state index contributed by atoms with van der Waals surface area (Å²) < 4.78 is 1.64. The molecule has 0 fully saturated rings. The first-order chi connectivity index (χ1) is 17.5. The molecular formula is C25H20N6O3S2. The number of nitrogens with zero attached hydrogens (tertiary/aromatic N) is 4. The summed E-state index contributed by atoms with van der Waals surface area (Å²) in [5, 5.41) is 24.5. The van der Waals surface area contributed by atoms with E-state index in [1.165, 1.54) is 17.4 Å². The molecule has 0 bridgehead atoms. The van der Waals surface area contributed by atoms with E-state index in [0.717, 1.165) is 15.3 Å². The largest absolute Gasteiger partial charge is 0.397 e. The Balaban J connectivity index is 1.26. The second-order valence-electron chi connectivity index (χ2n) is 7.90. The van der Waals surface area contributed by atoms with Crippen molar-refractivity contribution in [1.29, 1.82) is 0 Å². The lowest BCUT2D eigenvalue weighted by Gasteiger charge is -2.09. The molecule has 2 aromatic carbocycles. The van der Waals surface area contributed by atoms with Gasteiger partial charge in [0.05, 0.1) is 32.2 Å². The molecule has 0 aliphatic carbocycles. The van der Waals surface area contributed by atoms with Crippen LogP contribution in [-0.4, -0.2) is 25.8 Å². The van der Waals surface area contributed by atoms with Gasteiger partial charge < -0.3 is 11.1 Å². The second-order valence-corrected chi connectivity index (χ2v) is 9.93. The van der Waals surface area contributed by atoms with Crippen molar-refractivity contribution < 1.29 is 9.72 Å². The lowest BCUT2D eigenvalue weighted by Crippen LogP contribution is -2.11. The van der Waals surface area contributed by atoms with Gasteiger partial charge in [0.1, 0.15) is 5.69 Å². The molecule has 0 unspecified atom stereocenters. The molecule has 3 N–H and O–H groups in total. The number of nitro benzene ring substituents is 1. The standard InChI is InChI=1S/C25H20N6O3S2/c26-18-8-7-17(22-6-3-13-35-22)14-19(18)27-25(32)24-10-9-23(36-24)20-15-30(29-28-20)12-11-16-4-1-2-5-21(16)31(33)34/h1-10,13-15H,11-12,26H2,(H,27,32). The fourth-order valence-corrected chi connectivity index (χ4v) is 5.27. The number of hydrogen-bond donors (Lipinski definition) is 2. The van der Waals surface area contributed by atoms with Gasteiger partial charge in [0.2, 0.25) is 0 Å². The van der Waals surface area contributed by atoms with Gasteiger partial charge in [-0.2, -0.15) is 0 Å². The highest BCUT2D eigenvalue weighted by molar-refractivity contribution is 7.17. The maximum atomic E-state index is 12.9. The van der Waals surface area contributed by atoms with Crippen LogP contribution in [0.1, 0.15) is 15.2 Å². The lowest BCUT2D eigenvalue weighted by molar-refractivity contribution is -0.385. The highest BCUT2D eigenvalue weighted by atomic mass is 32.1. The van der Waals surface area contributed by atoms with Crippen LogP contribution in [0.25, 0.3) is 21.0 Å². The Morgan fingerprint density at radius 2 is 1.94 bits per heavy atom. The quantitative estimate of drug-likeness (QED) is 0.154. The molecule has 0 aliphatic heterocycles. The molecule has 1 amide bonds. The zero-order valence-electron chi connectivity index (χ0n) is 18.8. The Morgan fingerprint density at radius 1 is 1.08 bits per heavy atom. The molecule has 180 valence electrons. The molecule has 9 nitrogen and oxygen atoms in total. The first-order valence-electron chi connectivity index (χ1n) is 11.0. The average molecular weight is 517 g/mol. The number of rotatable bonds is 8. The lowest BCUT2D eigenvalue weighted by atomic mass is 10.1. The van der Waals surface area contributed by atoms with Gasteiger partial charge in [0.15, 0.2) is 0 Å². The summed E-state index contributed by atoms with van der Waals surface area (Å²) in [5.41, 5.74) is 9.48. The van der Waals surface area contributed by atoms with Gasteiger partial charge in [-0.3, -0.25) is 19.6 Å². The minimum atomic E-state index is -0.383. The molecule has 0 spiro atoms. The monoisotopic (exact) mass is 516 g/mol. The number of nitro groups is 1. The van der Waals surface area contributed by atoms with E-state index in [2.05, 4.69) is 15.6 Å². The summed E-state index contributed by atoms with van der Waals surface area (Å²) in [4.78, 5) is 26.1. The third-order valence-corrected chi connectivity index (χ3v) is 7.55. The van der Waals surface area contributed by atoms with E-state index < -0.39 is 0 Å². The van der Waals surface area contributed by atoms with Crippen LogP contribution in [0.4, 0.5) is 17.1 Å². The number of benzene rings is 2. The molecule has 0 atom stereocenters. The summed E-state index contributed by atoms with van der Waals surface area (Å²) in [6.45, 7) is 0.441. The molecule has 3 heterocycles. The number of nitrogens with two attached hydrogens (primary N) is 1. The number of nitrogen functional groups attached to an aromatic ring is 1. The van der Waals surface area contributed by atoms with Crippen molar-refractivity contribution in [3.8, 4) is 21.0 Å².